The van der Waals surface area contributed by atoms with Crippen molar-refractivity contribution in [3.8, 4) is 28.7 Å². The lowest BCUT2D eigenvalue weighted by atomic mass is 10.0. The lowest BCUT2D eigenvalue weighted by molar-refractivity contribution is -0.112. The van der Waals surface area contributed by atoms with Crippen molar-refractivity contribution in [3.05, 3.63) is 83.9 Å². The van der Waals surface area contributed by atoms with Crippen LogP contribution in [0.5, 0.6) is 11.5 Å². The number of anilines is 1. The molecule has 5 heteroatoms. The van der Waals surface area contributed by atoms with Gasteiger partial charge < -0.3 is 14.8 Å². The third-order valence-corrected chi connectivity index (χ3v) is 4.89. The molecule has 0 radical (unpaired) electrons. The van der Waals surface area contributed by atoms with Gasteiger partial charge in [0, 0.05) is 5.69 Å². The smallest absolute Gasteiger partial charge is 0.266 e. The molecule has 0 heterocycles. The van der Waals surface area contributed by atoms with E-state index in [1.54, 1.807) is 37.5 Å². The molecule has 32 heavy (non-hydrogen) atoms. The van der Waals surface area contributed by atoms with Gasteiger partial charge in [-0.05, 0) is 65.6 Å². The summed E-state index contributed by atoms with van der Waals surface area (Å²) in [7, 11) is 1.64. The number of amides is 1. The molecule has 0 atom stereocenters. The van der Waals surface area contributed by atoms with Crippen LogP contribution in [0.2, 0.25) is 0 Å². The second-order valence-electron chi connectivity index (χ2n) is 7.20. The summed E-state index contributed by atoms with van der Waals surface area (Å²) in [5.41, 5.74) is 3.50. The zero-order valence-electron chi connectivity index (χ0n) is 18.3. The van der Waals surface area contributed by atoms with E-state index in [0.717, 1.165) is 41.0 Å². The van der Waals surface area contributed by atoms with E-state index >= 15 is 0 Å². The first kappa shape index (κ1) is 22.6. The average molecular weight is 427 g/mol. The highest BCUT2D eigenvalue weighted by molar-refractivity contribution is 6.09. The molecule has 5 nitrogen and oxygen atoms in total. The predicted octanol–water partition coefficient (Wildman–Crippen LogP) is 6.09. The van der Waals surface area contributed by atoms with E-state index in [0.29, 0.717) is 12.3 Å². The SMILES string of the molecule is CCCCOc1ccc(NC(=O)C(C#N)=Cc2ccc(-c3ccc(OC)cc3)cc2)cc1. The number of nitrogens with zero attached hydrogens (tertiary/aromatic N) is 1. The minimum Gasteiger partial charge on any atom is -0.497 e. The summed E-state index contributed by atoms with van der Waals surface area (Å²) in [4.78, 5) is 12.5. The summed E-state index contributed by atoms with van der Waals surface area (Å²) in [5, 5.41) is 12.2. The van der Waals surface area contributed by atoms with E-state index in [4.69, 9.17) is 9.47 Å². The molecule has 0 aliphatic heterocycles. The number of ether oxygens (including phenoxy) is 2. The molecule has 162 valence electrons. The van der Waals surface area contributed by atoms with Crippen LogP contribution in [0.25, 0.3) is 17.2 Å². The Labute approximate surface area is 188 Å². The van der Waals surface area contributed by atoms with Gasteiger partial charge in [-0.1, -0.05) is 49.7 Å². The fourth-order valence-electron chi connectivity index (χ4n) is 3.04. The summed E-state index contributed by atoms with van der Waals surface area (Å²) in [5.74, 6) is 1.10. The normalized spacial score (nSPS) is 10.8. The molecule has 0 bridgehead atoms. The van der Waals surface area contributed by atoms with Gasteiger partial charge in [0.1, 0.15) is 23.1 Å². The Bertz CT molecular complexity index is 1090. The number of hydrogen-bond donors (Lipinski definition) is 1. The van der Waals surface area contributed by atoms with Gasteiger partial charge in [0.05, 0.1) is 13.7 Å². The van der Waals surface area contributed by atoms with E-state index in [-0.39, 0.29) is 5.57 Å². The molecule has 0 saturated carbocycles. The van der Waals surface area contributed by atoms with Gasteiger partial charge >= 0.3 is 0 Å². The standard InChI is InChI=1S/C27H26N2O3/c1-3-4-17-32-26-15-11-24(12-16-26)29-27(30)23(19-28)18-20-5-7-21(8-6-20)22-9-13-25(31-2)14-10-22/h5-16,18H,3-4,17H2,1-2H3,(H,29,30). The minimum absolute atomic E-state index is 0.0328. The summed E-state index contributed by atoms with van der Waals surface area (Å²) < 4.78 is 10.8. The molecule has 3 aromatic carbocycles. The quantitative estimate of drug-likeness (QED) is 0.255. The van der Waals surface area contributed by atoms with Gasteiger partial charge in [-0.15, -0.1) is 0 Å². The van der Waals surface area contributed by atoms with Crippen molar-refractivity contribution in [2.45, 2.75) is 19.8 Å². The third-order valence-electron chi connectivity index (χ3n) is 4.89. The Morgan fingerprint density at radius 2 is 1.53 bits per heavy atom. The first-order valence-corrected chi connectivity index (χ1v) is 10.5. The predicted molar refractivity (Wildman–Crippen MR) is 127 cm³/mol. The van der Waals surface area contributed by atoms with E-state index in [9.17, 15) is 10.1 Å². The molecule has 3 aromatic rings. The molecule has 0 aliphatic carbocycles. The Kier molecular flexibility index (Phi) is 8.05. The number of methoxy groups -OCH3 is 1. The van der Waals surface area contributed by atoms with Crippen LogP contribution in [0, 0.1) is 11.3 Å². The molecule has 0 spiro atoms. The summed E-state index contributed by atoms with van der Waals surface area (Å²) in [6.45, 7) is 2.78. The van der Waals surface area contributed by atoms with Crippen LogP contribution in [0.4, 0.5) is 5.69 Å². The number of nitrogens with one attached hydrogen (secondary N) is 1. The topological polar surface area (TPSA) is 71.3 Å². The Morgan fingerprint density at radius 1 is 0.938 bits per heavy atom. The highest BCUT2D eigenvalue weighted by Crippen LogP contribution is 2.23. The molecule has 0 aromatic heterocycles. The average Bonchev–Trinajstić information content (AvgIpc) is 2.84. The molecule has 1 amide bonds. The molecular formula is C27H26N2O3. The fourth-order valence-corrected chi connectivity index (χ4v) is 3.04. The monoisotopic (exact) mass is 426 g/mol. The number of nitriles is 1. The Morgan fingerprint density at radius 3 is 2.09 bits per heavy atom. The maximum atomic E-state index is 12.5. The van der Waals surface area contributed by atoms with Crippen molar-refractivity contribution < 1.29 is 14.3 Å². The van der Waals surface area contributed by atoms with Crippen molar-refractivity contribution in [1.82, 2.24) is 0 Å². The first-order chi connectivity index (χ1) is 15.6. The number of unbranched alkanes of at least 4 members (excludes halogenated alkanes) is 1. The van der Waals surface area contributed by atoms with Crippen molar-refractivity contribution in [3.63, 3.8) is 0 Å². The molecule has 1 N–H and O–H groups in total. The maximum absolute atomic E-state index is 12.5. The zero-order valence-corrected chi connectivity index (χ0v) is 18.3. The Hall–Kier alpha value is -4.04. The van der Waals surface area contributed by atoms with Gasteiger partial charge in [0.25, 0.3) is 5.91 Å². The summed E-state index contributed by atoms with van der Waals surface area (Å²) >= 11 is 0. The summed E-state index contributed by atoms with van der Waals surface area (Å²) in [6, 6.07) is 24.6. The zero-order chi connectivity index (χ0) is 22.8. The van der Waals surface area contributed by atoms with Crippen molar-refractivity contribution in [2.24, 2.45) is 0 Å². The van der Waals surface area contributed by atoms with Crippen molar-refractivity contribution in [1.29, 1.82) is 5.26 Å². The van der Waals surface area contributed by atoms with Gasteiger partial charge in [-0.3, -0.25) is 4.79 Å². The van der Waals surface area contributed by atoms with Gasteiger partial charge in [-0.2, -0.15) is 5.26 Å². The second-order valence-corrected chi connectivity index (χ2v) is 7.20. The highest BCUT2D eigenvalue weighted by Gasteiger charge is 2.10. The molecule has 0 unspecified atom stereocenters. The van der Waals surface area contributed by atoms with E-state index in [1.165, 1.54) is 0 Å². The maximum Gasteiger partial charge on any atom is 0.266 e. The van der Waals surface area contributed by atoms with Crippen LogP contribution in [0.1, 0.15) is 25.3 Å². The van der Waals surface area contributed by atoms with Crippen LogP contribution in [-0.4, -0.2) is 19.6 Å². The highest BCUT2D eigenvalue weighted by atomic mass is 16.5. The molecule has 0 saturated heterocycles. The summed E-state index contributed by atoms with van der Waals surface area (Å²) in [6.07, 6.45) is 3.65. The lowest BCUT2D eigenvalue weighted by Crippen LogP contribution is -2.13. The lowest BCUT2D eigenvalue weighted by Gasteiger charge is -2.08. The number of hydrogen-bond acceptors (Lipinski definition) is 4. The molecular weight excluding hydrogens is 400 g/mol. The third kappa shape index (κ3) is 6.23. The number of rotatable bonds is 9. The minimum atomic E-state index is -0.452. The van der Waals surface area contributed by atoms with E-state index in [1.807, 2.05) is 54.6 Å². The number of carbonyl (C=O) groups excluding carboxylic acids is 1. The fraction of sp³-hybridized carbons (Fsp3) is 0.185. The van der Waals surface area contributed by atoms with Crippen LogP contribution < -0.4 is 14.8 Å². The van der Waals surface area contributed by atoms with Gasteiger partial charge in [0.15, 0.2) is 0 Å². The van der Waals surface area contributed by atoms with Crippen LogP contribution in [-0.2, 0) is 4.79 Å². The molecule has 3 rings (SSSR count). The van der Waals surface area contributed by atoms with Crippen molar-refractivity contribution >= 4 is 17.7 Å². The van der Waals surface area contributed by atoms with E-state index in [2.05, 4.69) is 12.2 Å². The van der Waals surface area contributed by atoms with E-state index < -0.39 is 5.91 Å². The molecule has 0 fully saturated rings. The molecule has 0 aliphatic rings. The van der Waals surface area contributed by atoms with Crippen molar-refractivity contribution in [2.75, 3.05) is 19.0 Å². The van der Waals surface area contributed by atoms with Crippen LogP contribution in [0.3, 0.4) is 0 Å². The van der Waals surface area contributed by atoms with Gasteiger partial charge in [-0.25, -0.2) is 0 Å². The van der Waals surface area contributed by atoms with Crippen LogP contribution in [0.15, 0.2) is 78.4 Å². The Balaban J connectivity index is 1.65. The first-order valence-electron chi connectivity index (χ1n) is 10.5. The largest absolute Gasteiger partial charge is 0.497 e. The van der Waals surface area contributed by atoms with Gasteiger partial charge in [0.2, 0.25) is 0 Å². The number of benzene rings is 3. The number of carbonyl (C=O) groups is 1. The van der Waals surface area contributed by atoms with Crippen LogP contribution >= 0.6 is 0 Å². The second kappa shape index (κ2) is 11.4.